The SMILES string of the molecule is CC(C)C[C@H](NC(=O)c1ccc(N(C)C)cc1)C(=O)N1CC[C@@H]2CC1C(=O)CN2C(=O)CNC(=O)OCc1ccccc1. The first-order valence-corrected chi connectivity index (χ1v) is 14.7. The second kappa shape index (κ2) is 14.2. The number of amides is 4. The monoisotopic (exact) mass is 591 g/mol. The van der Waals surface area contributed by atoms with E-state index in [1.807, 2.05) is 75.3 Å². The quantitative estimate of drug-likeness (QED) is 0.435. The van der Waals surface area contributed by atoms with Crippen LogP contribution in [0.1, 0.15) is 49.0 Å². The van der Waals surface area contributed by atoms with Gasteiger partial charge >= 0.3 is 6.09 Å². The van der Waals surface area contributed by atoms with E-state index in [2.05, 4.69) is 10.6 Å². The number of carbonyl (C=O) groups excluding carboxylic acids is 5. The van der Waals surface area contributed by atoms with Gasteiger partial charge in [0.05, 0.1) is 12.6 Å². The highest BCUT2D eigenvalue weighted by atomic mass is 16.5. The zero-order valence-corrected chi connectivity index (χ0v) is 25.2. The summed E-state index contributed by atoms with van der Waals surface area (Å²) in [6, 6.07) is 14.7. The number of likely N-dealkylation sites (tertiary alicyclic amines) is 2. The summed E-state index contributed by atoms with van der Waals surface area (Å²) >= 11 is 0. The minimum Gasteiger partial charge on any atom is -0.445 e. The number of carbonyl (C=O) groups is 5. The first-order valence-electron chi connectivity index (χ1n) is 14.7. The Hall–Kier alpha value is -4.41. The lowest BCUT2D eigenvalue weighted by Gasteiger charge is -2.48. The summed E-state index contributed by atoms with van der Waals surface area (Å²) in [5, 5.41) is 5.37. The van der Waals surface area contributed by atoms with Gasteiger partial charge in [-0.1, -0.05) is 44.2 Å². The van der Waals surface area contributed by atoms with Crippen molar-refractivity contribution in [1.82, 2.24) is 20.4 Å². The van der Waals surface area contributed by atoms with Gasteiger partial charge in [-0.25, -0.2) is 4.79 Å². The van der Waals surface area contributed by atoms with Crippen LogP contribution >= 0.6 is 0 Å². The Labute approximate surface area is 252 Å². The summed E-state index contributed by atoms with van der Waals surface area (Å²) in [4.78, 5) is 70.1. The molecule has 43 heavy (non-hydrogen) atoms. The van der Waals surface area contributed by atoms with Crippen LogP contribution in [-0.2, 0) is 25.7 Å². The molecule has 2 aromatic carbocycles. The molecule has 0 spiro atoms. The lowest BCUT2D eigenvalue weighted by atomic mass is 9.87. The number of benzene rings is 2. The molecule has 2 saturated heterocycles. The number of nitrogens with one attached hydrogen (secondary N) is 2. The van der Waals surface area contributed by atoms with Gasteiger partial charge in [0.15, 0.2) is 5.78 Å². The molecule has 4 rings (SSSR count). The van der Waals surface area contributed by atoms with Crippen molar-refractivity contribution in [2.75, 3.05) is 38.6 Å². The van der Waals surface area contributed by atoms with E-state index in [-0.39, 0.29) is 61.7 Å². The maximum atomic E-state index is 13.8. The van der Waals surface area contributed by atoms with Crippen molar-refractivity contribution in [2.24, 2.45) is 5.92 Å². The molecule has 3 atom stereocenters. The molecular formula is C32H41N5O6. The Morgan fingerprint density at radius 3 is 2.35 bits per heavy atom. The summed E-state index contributed by atoms with van der Waals surface area (Å²) in [5.41, 5.74) is 2.23. The van der Waals surface area contributed by atoms with Crippen LogP contribution in [-0.4, -0.2) is 91.3 Å². The number of piperidine rings is 2. The molecule has 0 aromatic heterocycles. The Bertz CT molecular complexity index is 1310. The molecule has 2 fully saturated rings. The summed E-state index contributed by atoms with van der Waals surface area (Å²) in [6.07, 6.45) is 0.528. The van der Waals surface area contributed by atoms with Crippen molar-refractivity contribution in [1.29, 1.82) is 0 Å². The number of ketones is 1. The third kappa shape index (κ3) is 8.12. The number of Topliss-reactive ketones (excluding diaryl/α,β-unsaturated/α-hetero) is 1. The lowest BCUT2D eigenvalue weighted by molar-refractivity contribution is -0.154. The van der Waals surface area contributed by atoms with Crippen LogP contribution in [0.25, 0.3) is 0 Å². The molecule has 2 N–H and O–H groups in total. The molecule has 11 heteroatoms. The van der Waals surface area contributed by atoms with Gasteiger partial charge in [-0.15, -0.1) is 0 Å². The molecule has 0 aliphatic carbocycles. The molecular weight excluding hydrogens is 550 g/mol. The molecule has 0 saturated carbocycles. The predicted octanol–water partition coefficient (Wildman–Crippen LogP) is 2.59. The lowest BCUT2D eigenvalue weighted by Crippen LogP contribution is -2.65. The maximum absolute atomic E-state index is 13.8. The molecule has 2 aliphatic heterocycles. The zero-order valence-electron chi connectivity index (χ0n) is 25.2. The number of rotatable bonds is 10. The van der Waals surface area contributed by atoms with Crippen molar-refractivity contribution >= 4 is 35.3 Å². The van der Waals surface area contributed by atoms with Gasteiger partial charge in [0.1, 0.15) is 19.2 Å². The van der Waals surface area contributed by atoms with Gasteiger partial charge in [0, 0.05) is 37.9 Å². The van der Waals surface area contributed by atoms with Gasteiger partial charge in [-0.3, -0.25) is 19.2 Å². The van der Waals surface area contributed by atoms with Crippen LogP contribution in [0.5, 0.6) is 0 Å². The van der Waals surface area contributed by atoms with E-state index in [0.717, 1.165) is 11.3 Å². The Morgan fingerprint density at radius 2 is 1.70 bits per heavy atom. The van der Waals surface area contributed by atoms with Crippen LogP contribution in [0.4, 0.5) is 10.5 Å². The Balaban J connectivity index is 1.33. The number of alkyl carbamates (subject to hydrolysis) is 1. The average molecular weight is 592 g/mol. The van der Waals surface area contributed by atoms with Crippen LogP contribution in [0.3, 0.4) is 0 Å². The molecule has 2 heterocycles. The van der Waals surface area contributed by atoms with Crippen molar-refractivity contribution in [2.45, 2.75) is 57.8 Å². The minimum absolute atomic E-state index is 0.0816. The Morgan fingerprint density at radius 1 is 1.00 bits per heavy atom. The topological polar surface area (TPSA) is 128 Å². The smallest absolute Gasteiger partial charge is 0.407 e. The fourth-order valence-electron chi connectivity index (χ4n) is 5.56. The average Bonchev–Trinajstić information content (AvgIpc) is 3.00. The first kappa shape index (κ1) is 31.5. The normalized spacial score (nSPS) is 18.6. The van der Waals surface area contributed by atoms with Gasteiger partial charge < -0.3 is 30.1 Å². The first-order chi connectivity index (χ1) is 20.5. The van der Waals surface area contributed by atoms with Crippen LogP contribution in [0.15, 0.2) is 54.6 Å². The second-order valence-electron chi connectivity index (χ2n) is 11.7. The third-order valence-corrected chi connectivity index (χ3v) is 7.87. The number of fused-ring (bicyclic) bond motifs is 2. The maximum Gasteiger partial charge on any atom is 0.407 e. The highest BCUT2D eigenvalue weighted by Gasteiger charge is 2.45. The molecule has 2 bridgehead atoms. The van der Waals surface area contributed by atoms with Crippen molar-refractivity contribution in [3.05, 3.63) is 65.7 Å². The van der Waals surface area contributed by atoms with E-state index in [0.29, 0.717) is 24.8 Å². The fraction of sp³-hybridized carbons (Fsp3) is 0.469. The second-order valence-corrected chi connectivity index (χ2v) is 11.7. The summed E-state index contributed by atoms with van der Waals surface area (Å²) in [5.74, 6) is -1.12. The molecule has 11 nitrogen and oxygen atoms in total. The molecule has 2 aliphatic rings. The van der Waals surface area contributed by atoms with E-state index in [1.165, 1.54) is 4.90 Å². The number of nitrogens with zero attached hydrogens (tertiary/aromatic N) is 3. The number of anilines is 1. The molecule has 0 radical (unpaired) electrons. The number of hydrogen-bond acceptors (Lipinski definition) is 7. The van der Waals surface area contributed by atoms with Crippen molar-refractivity contribution in [3.8, 4) is 0 Å². The predicted molar refractivity (Wildman–Crippen MR) is 161 cm³/mol. The highest BCUT2D eigenvalue weighted by molar-refractivity contribution is 5.99. The standard InChI is InChI=1S/C32H41N5O6/c1-21(2)16-26(34-30(40)23-10-12-24(13-11-23)35(3)4)31(41)36-15-14-25-17-27(36)28(38)19-37(25)29(39)18-33-32(42)43-20-22-8-6-5-7-9-22/h5-13,21,25-27H,14-20H2,1-4H3,(H,33,42)(H,34,40)/t25-,26+,27?/m1/s1. The zero-order chi connectivity index (χ0) is 31.1. The van der Waals surface area contributed by atoms with Gasteiger partial charge in [-0.2, -0.15) is 0 Å². The van der Waals surface area contributed by atoms with E-state index < -0.39 is 18.2 Å². The summed E-state index contributed by atoms with van der Waals surface area (Å²) in [7, 11) is 3.83. The van der Waals surface area contributed by atoms with Gasteiger partial charge in [0.2, 0.25) is 11.8 Å². The third-order valence-electron chi connectivity index (χ3n) is 7.87. The summed E-state index contributed by atoms with van der Waals surface area (Å²) in [6.45, 7) is 3.90. The molecule has 1 unspecified atom stereocenters. The summed E-state index contributed by atoms with van der Waals surface area (Å²) < 4.78 is 5.17. The molecule has 2 aromatic rings. The van der Waals surface area contributed by atoms with E-state index in [9.17, 15) is 24.0 Å². The fourth-order valence-corrected chi connectivity index (χ4v) is 5.56. The van der Waals surface area contributed by atoms with Gasteiger partial charge in [-0.05, 0) is 55.0 Å². The van der Waals surface area contributed by atoms with E-state index >= 15 is 0 Å². The molecule has 4 amide bonds. The van der Waals surface area contributed by atoms with E-state index in [4.69, 9.17) is 4.74 Å². The van der Waals surface area contributed by atoms with Gasteiger partial charge in [0.25, 0.3) is 5.91 Å². The molecule has 230 valence electrons. The Kier molecular flexibility index (Phi) is 10.4. The van der Waals surface area contributed by atoms with Crippen molar-refractivity contribution < 1.29 is 28.7 Å². The van der Waals surface area contributed by atoms with Crippen LogP contribution in [0, 0.1) is 5.92 Å². The highest BCUT2D eigenvalue weighted by Crippen LogP contribution is 2.29. The minimum atomic E-state index is -0.781. The van der Waals surface area contributed by atoms with Crippen LogP contribution < -0.4 is 15.5 Å². The number of hydrogen-bond donors (Lipinski definition) is 2. The van der Waals surface area contributed by atoms with E-state index in [1.54, 1.807) is 17.0 Å². The number of ether oxygens (including phenoxy) is 1. The van der Waals surface area contributed by atoms with Crippen LogP contribution in [0.2, 0.25) is 0 Å². The largest absolute Gasteiger partial charge is 0.445 e. The van der Waals surface area contributed by atoms with Crippen molar-refractivity contribution in [3.63, 3.8) is 0 Å².